The van der Waals surface area contributed by atoms with Crippen LogP contribution in [0, 0.1) is 17.2 Å². The van der Waals surface area contributed by atoms with Crippen LogP contribution < -0.4 is 0 Å². The quantitative estimate of drug-likeness (QED) is 0.485. The SMILES string of the molecule is CCC(C(=N)C(=O)c1cc2cc(C(=O)N3CCN(C4CCCC4)CC3)ccc2[nH]1)C(C)C. The molecule has 1 aliphatic carbocycles. The first-order chi connectivity index (χ1) is 15.4. The molecule has 1 atom stereocenters. The van der Waals surface area contributed by atoms with Gasteiger partial charge < -0.3 is 15.3 Å². The zero-order valence-corrected chi connectivity index (χ0v) is 19.6. The summed E-state index contributed by atoms with van der Waals surface area (Å²) in [7, 11) is 0. The highest BCUT2D eigenvalue weighted by molar-refractivity contribution is 6.45. The van der Waals surface area contributed by atoms with E-state index >= 15 is 0 Å². The van der Waals surface area contributed by atoms with Gasteiger partial charge in [-0.1, -0.05) is 33.6 Å². The number of amides is 1. The Balaban J connectivity index is 1.45. The van der Waals surface area contributed by atoms with E-state index in [9.17, 15) is 9.59 Å². The highest BCUT2D eigenvalue weighted by Gasteiger charge is 2.29. The Morgan fingerprint density at radius 3 is 2.41 bits per heavy atom. The average Bonchev–Trinajstić information content (AvgIpc) is 3.48. The summed E-state index contributed by atoms with van der Waals surface area (Å²) in [5, 5.41) is 9.22. The molecular weight excluding hydrogens is 400 g/mol. The fraction of sp³-hybridized carbons (Fsp3) is 0.577. The molecule has 2 N–H and O–H groups in total. The minimum atomic E-state index is -0.252. The van der Waals surface area contributed by atoms with Gasteiger partial charge in [-0.3, -0.25) is 14.5 Å². The fourth-order valence-corrected chi connectivity index (χ4v) is 5.45. The lowest BCUT2D eigenvalue weighted by Crippen LogP contribution is -2.51. The molecule has 6 heteroatoms. The van der Waals surface area contributed by atoms with Gasteiger partial charge in [0.15, 0.2) is 0 Å². The Bertz CT molecular complexity index is 994. The fourth-order valence-electron chi connectivity index (χ4n) is 5.45. The van der Waals surface area contributed by atoms with Crippen molar-refractivity contribution in [2.75, 3.05) is 26.2 Å². The zero-order valence-electron chi connectivity index (χ0n) is 19.6. The number of Topliss-reactive ketones (excluding diaryl/α,β-unsaturated/α-hetero) is 1. The number of nitrogens with one attached hydrogen (secondary N) is 2. The van der Waals surface area contributed by atoms with Gasteiger partial charge >= 0.3 is 0 Å². The second-order valence-electron chi connectivity index (χ2n) is 9.75. The number of ketones is 1. The number of nitrogens with zero attached hydrogens (tertiary/aromatic N) is 2. The Morgan fingerprint density at radius 1 is 1.09 bits per heavy atom. The van der Waals surface area contributed by atoms with E-state index in [-0.39, 0.29) is 29.2 Å². The summed E-state index contributed by atoms with van der Waals surface area (Å²) in [5.41, 5.74) is 2.07. The molecule has 4 rings (SSSR count). The second kappa shape index (κ2) is 9.57. The van der Waals surface area contributed by atoms with Crippen LogP contribution in [0.3, 0.4) is 0 Å². The molecule has 1 aliphatic heterocycles. The van der Waals surface area contributed by atoms with Crippen LogP contribution in [0.15, 0.2) is 24.3 Å². The van der Waals surface area contributed by atoms with E-state index in [1.807, 2.05) is 43.9 Å². The molecule has 1 aromatic heterocycles. The summed E-state index contributed by atoms with van der Waals surface area (Å²) >= 11 is 0. The standard InChI is InChI=1S/C26H36N4O2/c1-4-21(17(2)3)24(27)25(31)23-16-19-15-18(9-10-22(19)28-23)26(32)30-13-11-29(12-14-30)20-7-5-6-8-20/h9-10,15-17,20-21,27-28H,4-8,11-14H2,1-3H3. The third-order valence-corrected chi connectivity index (χ3v) is 7.41. The van der Waals surface area contributed by atoms with Crippen molar-refractivity contribution in [1.82, 2.24) is 14.8 Å². The zero-order chi connectivity index (χ0) is 22.8. The van der Waals surface area contributed by atoms with Gasteiger partial charge in [0.05, 0.1) is 11.4 Å². The highest BCUT2D eigenvalue weighted by atomic mass is 16.2. The maximum Gasteiger partial charge on any atom is 0.253 e. The Kier molecular flexibility index (Phi) is 6.79. The largest absolute Gasteiger partial charge is 0.352 e. The van der Waals surface area contributed by atoms with E-state index in [0.29, 0.717) is 17.3 Å². The van der Waals surface area contributed by atoms with Crippen molar-refractivity contribution in [3.8, 4) is 0 Å². The van der Waals surface area contributed by atoms with Gasteiger partial charge in [0.1, 0.15) is 0 Å². The predicted octanol–water partition coefficient (Wildman–Crippen LogP) is 4.75. The molecule has 1 saturated carbocycles. The third kappa shape index (κ3) is 4.51. The summed E-state index contributed by atoms with van der Waals surface area (Å²) in [5.74, 6) is 0.0106. The maximum atomic E-state index is 13.1. The average molecular weight is 437 g/mol. The summed E-state index contributed by atoms with van der Waals surface area (Å²) < 4.78 is 0. The Hall–Kier alpha value is -2.47. The lowest BCUT2D eigenvalue weighted by Gasteiger charge is -2.38. The van der Waals surface area contributed by atoms with Crippen LogP contribution in [0.1, 0.15) is 73.7 Å². The smallest absolute Gasteiger partial charge is 0.253 e. The minimum absolute atomic E-state index is 0.0473. The Morgan fingerprint density at radius 2 is 1.78 bits per heavy atom. The van der Waals surface area contributed by atoms with E-state index in [0.717, 1.165) is 43.5 Å². The lowest BCUT2D eigenvalue weighted by molar-refractivity contribution is 0.0573. The molecule has 1 saturated heterocycles. The summed E-state index contributed by atoms with van der Waals surface area (Å²) in [6.07, 6.45) is 6.04. The number of benzene rings is 1. The number of aromatic nitrogens is 1. The number of carbonyl (C=O) groups excluding carboxylic acids is 2. The molecule has 2 aliphatic rings. The van der Waals surface area contributed by atoms with Crippen LogP contribution in [0.4, 0.5) is 0 Å². The predicted molar refractivity (Wildman–Crippen MR) is 129 cm³/mol. The van der Waals surface area contributed by atoms with Crippen molar-refractivity contribution in [1.29, 1.82) is 5.41 Å². The first-order valence-corrected chi connectivity index (χ1v) is 12.2. The van der Waals surface area contributed by atoms with Crippen LogP contribution >= 0.6 is 0 Å². The number of H-pyrrole nitrogens is 1. The van der Waals surface area contributed by atoms with Crippen LogP contribution in [0.5, 0.6) is 0 Å². The molecule has 32 heavy (non-hydrogen) atoms. The molecule has 0 spiro atoms. The molecule has 172 valence electrons. The lowest BCUT2D eigenvalue weighted by atomic mass is 9.86. The van der Waals surface area contributed by atoms with Crippen LogP contribution in [-0.4, -0.2) is 64.4 Å². The molecule has 0 bridgehead atoms. The maximum absolute atomic E-state index is 13.1. The van der Waals surface area contributed by atoms with Crippen molar-refractivity contribution in [2.24, 2.45) is 11.8 Å². The van der Waals surface area contributed by atoms with Crippen molar-refractivity contribution in [2.45, 2.75) is 58.9 Å². The van der Waals surface area contributed by atoms with Gasteiger partial charge in [-0.05, 0) is 49.4 Å². The number of rotatable bonds is 7. The third-order valence-electron chi connectivity index (χ3n) is 7.41. The molecule has 2 heterocycles. The number of fused-ring (bicyclic) bond motifs is 1. The number of hydrogen-bond donors (Lipinski definition) is 2. The molecular formula is C26H36N4O2. The van der Waals surface area contributed by atoms with Gasteiger partial charge in [-0.15, -0.1) is 0 Å². The van der Waals surface area contributed by atoms with E-state index in [1.165, 1.54) is 25.7 Å². The summed E-state index contributed by atoms with van der Waals surface area (Å²) in [4.78, 5) is 33.7. The minimum Gasteiger partial charge on any atom is -0.352 e. The van der Waals surface area contributed by atoms with Gasteiger partial charge in [-0.2, -0.15) is 0 Å². The number of piperazine rings is 1. The monoisotopic (exact) mass is 436 g/mol. The summed E-state index contributed by atoms with van der Waals surface area (Å²) in [6, 6.07) is 8.08. The van der Waals surface area contributed by atoms with Crippen LogP contribution in [0.2, 0.25) is 0 Å². The number of aromatic amines is 1. The van der Waals surface area contributed by atoms with E-state index in [1.54, 1.807) is 6.07 Å². The first-order valence-electron chi connectivity index (χ1n) is 12.2. The number of hydrogen-bond acceptors (Lipinski definition) is 4. The molecule has 1 unspecified atom stereocenters. The topological polar surface area (TPSA) is 80.3 Å². The Labute approximate surface area is 190 Å². The van der Waals surface area contributed by atoms with Crippen molar-refractivity contribution >= 4 is 28.3 Å². The van der Waals surface area contributed by atoms with Gasteiger partial charge in [0, 0.05) is 54.6 Å². The normalized spacial score (nSPS) is 19.1. The molecule has 6 nitrogen and oxygen atoms in total. The molecule has 1 amide bonds. The van der Waals surface area contributed by atoms with E-state index < -0.39 is 0 Å². The first kappa shape index (κ1) is 22.7. The van der Waals surface area contributed by atoms with Gasteiger partial charge in [-0.25, -0.2) is 0 Å². The summed E-state index contributed by atoms with van der Waals surface area (Å²) in [6.45, 7) is 9.57. The molecule has 2 fully saturated rings. The molecule has 2 aromatic rings. The number of carbonyl (C=O) groups is 2. The van der Waals surface area contributed by atoms with Crippen molar-refractivity contribution in [3.63, 3.8) is 0 Å². The van der Waals surface area contributed by atoms with E-state index in [4.69, 9.17) is 5.41 Å². The van der Waals surface area contributed by atoms with Gasteiger partial charge in [0.25, 0.3) is 5.91 Å². The molecule has 1 aromatic carbocycles. The van der Waals surface area contributed by atoms with E-state index in [2.05, 4.69) is 9.88 Å². The van der Waals surface area contributed by atoms with Crippen molar-refractivity contribution < 1.29 is 9.59 Å². The molecule has 0 radical (unpaired) electrons. The highest BCUT2D eigenvalue weighted by Crippen LogP contribution is 2.25. The van der Waals surface area contributed by atoms with Crippen molar-refractivity contribution in [3.05, 3.63) is 35.5 Å². The van der Waals surface area contributed by atoms with Crippen LogP contribution in [0.25, 0.3) is 10.9 Å². The second-order valence-corrected chi connectivity index (χ2v) is 9.75. The van der Waals surface area contributed by atoms with Crippen LogP contribution in [-0.2, 0) is 0 Å². The van der Waals surface area contributed by atoms with Gasteiger partial charge in [0.2, 0.25) is 5.78 Å².